The van der Waals surface area contributed by atoms with Gasteiger partial charge in [-0.15, -0.1) is 5.53 Å². The van der Waals surface area contributed by atoms with E-state index in [4.69, 9.17) is 4.42 Å². The van der Waals surface area contributed by atoms with Gasteiger partial charge in [-0.2, -0.15) is 0 Å². The SMILES string of the molecule is CN(C)C(=O)c1cc2cc(C3=CCCN(C(=O)CCN4C=CNN4)C3)cc(-c3ccc(C(=O)N4CCCC4)cc3)c2o1. The summed E-state index contributed by atoms with van der Waals surface area (Å²) >= 11 is 0. The quantitative estimate of drug-likeness (QED) is 0.447. The Labute approximate surface area is 245 Å². The first-order valence-electron chi connectivity index (χ1n) is 14.5. The number of furan rings is 1. The Hall–Kier alpha value is -4.57. The lowest BCUT2D eigenvalue weighted by Crippen LogP contribution is -2.40. The minimum Gasteiger partial charge on any atom is -0.450 e. The van der Waals surface area contributed by atoms with Gasteiger partial charge in [0.25, 0.3) is 11.8 Å². The average Bonchev–Trinajstić information content (AvgIpc) is 3.81. The third-order valence-electron chi connectivity index (χ3n) is 8.06. The maximum absolute atomic E-state index is 13.1. The van der Waals surface area contributed by atoms with Gasteiger partial charge in [0.05, 0.1) is 0 Å². The monoisotopic (exact) mass is 568 g/mol. The number of hydrogen-bond acceptors (Lipinski definition) is 7. The van der Waals surface area contributed by atoms with Gasteiger partial charge in [-0.3, -0.25) is 19.4 Å². The number of carbonyl (C=O) groups excluding carboxylic acids is 3. The highest BCUT2D eigenvalue weighted by Crippen LogP contribution is 2.36. The van der Waals surface area contributed by atoms with Crippen molar-refractivity contribution in [2.45, 2.75) is 25.7 Å². The average molecular weight is 569 g/mol. The minimum atomic E-state index is -0.212. The van der Waals surface area contributed by atoms with Crippen LogP contribution in [0.5, 0.6) is 0 Å². The fourth-order valence-corrected chi connectivity index (χ4v) is 5.73. The maximum Gasteiger partial charge on any atom is 0.289 e. The Kier molecular flexibility index (Phi) is 7.71. The zero-order valence-electron chi connectivity index (χ0n) is 24.1. The van der Waals surface area contributed by atoms with Gasteiger partial charge in [0.15, 0.2) is 5.76 Å². The van der Waals surface area contributed by atoms with Crippen molar-refractivity contribution >= 4 is 34.3 Å². The van der Waals surface area contributed by atoms with Crippen molar-refractivity contribution in [1.29, 1.82) is 0 Å². The Balaban J connectivity index is 1.30. The van der Waals surface area contributed by atoms with Gasteiger partial charge in [-0.25, -0.2) is 0 Å². The van der Waals surface area contributed by atoms with Gasteiger partial charge in [0.1, 0.15) is 5.58 Å². The van der Waals surface area contributed by atoms with Crippen LogP contribution in [0, 0.1) is 0 Å². The summed E-state index contributed by atoms with van der Waals surface area (Å²) in [6, 6.07) is 13.5. The van der Waals surface area contributed by atoms with E-state index < -0.39 is 0 Å². The first-order chi connectivity index (χ1) is 20.4. The van der Waals surface area contributed by atoms with Crippen molar-refractivity contribution in [2.24, 2.45) is 0 Å². The summed E-state index contributed by atoms with van der Waals surface area (Å²) < 4.78 is 6.15. The Morgan fingerprint density at radius 2 is 1.74 bits per heavy atom. The Morgan fingerprint density at radius 1 is 0.952 bits per heavy atom. The molecule has 0 unspecified atom stereocenters. The molecule has 6 rings (SSSR count). The molecule has 1 fully saturated rings. The molecule has 3 aliphatic rings. The number of amides is 3. The number of carbonyl (C=O) groups is 3. The summed E-state index contributed by atoms with van der Waals surface area (Å²) in [6.07, 6.45) is 9.09. The molecule has 42 heavy (non-hydrogen) atoms. The van der Waals surface area contributed by atoms with Crippen LogP contribution in [-0.4, -0.2) is 84.2 Å². The molecule has 2 aromatic carbocycles. The fraction of sp³-hybridized carbons (Fsp3) is 0.344. The molecule has 3 aromatic rings. The minimum absolute atomic E-state index is 0.0553. The van der Waals surface area contributed by atoms with E-state index in [9.17, 15) is 14.4 Å². The van der Waals surface area contributed by atoms with Crippen LogP contribution >= 0.6 is 0 Å². The second kappa shape index (κ2) is 11.7. The molecule has 2 N–H and O–H groups in total. The number of hydrogen-bond donors (Lipinski definition) is 2. The lowest BCUT2D eigenvalue weighted by atomic mass is 9.94. The highest BCUT2D eigenvalue weighted by molar-refractivity contribution is 6.02. The smallest absolute Gasteiger partial charge is 0.289 e. The van der Waals surface area contributed by atoms with Crippen molar-refractivity contribution in [3.05, 3.63) is 77.8 Å². The summed E-state index contributed by atoms with van der Waals surface area (Å²) in [7, 11) is 3.39. The molecule has 0 radical (unpaired) electrons. The van der Waals surface area contributed by atoms with Gasteiger partial charge >= 0.3 is 0 Å². The molecule has 10 nitrogen and oxygen atoms in total. The predicted octanol–water partition coefficient (Wildman–Crippen LogP) is 3.84. The number of nitrogens with one attached hydrogen (secondary N) is 2. The van der Waals surface area contributed by atoms with E-state index in [-0.39, 0.29) is 23.5 Å². The zero-order chi connectivity index (χ0) is 29.2. The van der Waals surface area contributed by atoms with E-state index >= 15 is 0 Å². The molecule has 0 aliphatic carbocycles. The van der Waals surface area contributed by atoms with Crippen LogP contribution in [0.3, 0.4) is 0 Å². The zero-order valence-corrected chi connectivity index (χ0v) is 24.1. The molecule has 10 heteroatoms. The molecule has 4 heterocycles. The third-order valence-corrected chi connectivity index (χ3v) is 8.06. The molecule has 3 amide bonds. The van der Waals surface area contributed by atoms with Crippen molar-refractivity contribution in [3.63, 3.8) is 0 Å². The summed E-state index contributed by atoms with van der Waals surface area (Å²) in [6.45, 7) is 3.36. The summed E-state index contributed by atoms with van der Waals surface area (Å²) in [4.78, 5) is 44.1. The third kappa shape index (κ3) is 5.62. The number of fused-ring (bicyclic) bond motifs is 1. The van der Waals surface area contributed by atoms with E-state index in [1.54, 1.807) is 26.4 Å². The van der Waals surface area contributed by atoms with Gasteiger partial charge < -0.3 is 24.5 Å². The molecule has 3 aliphatic heterocycles. The van der Waals surface area contributed by atoms with Crippen LogP contribution in [0.1, 0.15) is 52.2 Å². The molecule has 0 spiro atoms. The molecular weight excluding hydrogens is 532 g/mol. The molecule has 218 valence electrons. The largest absolute Gasteiger partial charge is 0.450 e. The standard InChI is InChI=1S/C32H36N6O4/c1-35(2)32(41)28-20-26-18-25(24-6-5-15-37(21-24)29(39)11-16-38-17-12-33-34-38)19-27(30(26)42-28)22-7-9-23(10-8-22)31(40)36-13-3-4-14-36/h6-10,12,17-20,33-34H,3-5,11,13-16,21H2,1-2H3. The molecular formula is C32H36N6O4. The summed E-state index contributed by atoms with van der Waals surface area (Å²) in [5.41, 5.74) is 10.9. The van der Waals surface area contributed by atoms with Crippen molar-refractivity contribution in [1.82, 2.24) is 30.7 Å². The Morgan fingerprint density at radius 3 is 2.45 bits per heavy atom. The summed E-state index contributed by atoms with van der Waals surface area (Å²) in [5.74, 6) is 0.211. The van der Waals surface area contributed by atoms with E-state index in [0.717, 1.165) is 60.0 Å². The second-order valence-corrected chi connectivity index (χ2v) is 11.2. The molecule has 1 saturated heterocycles. The van der Waals surface area contributed by atoms with Crippen LogP contribution in [0.15, 0.2) is 65.4 Å². The highest BCUT2D eigenvalue weighted by atomic mass is 16.3. The number of nitrogens with zero attached hydrogens (tertiary/aromatic N) is 4. The van der Waals surface area contributed by atoms with E-state index in [0.29, 0.717) is 37.2 Å². The van der Waals surface area contributed by atoms with Crippen molar-refractivity contribution < 1.29 is 18.8 Å². The molecule has 0 atom stereocenters. The van der Waals surface area contributed by atoms with E-state index in [1.807, 2.05) is 51.3 Å². The van der Waals surface area contributed by atoms with Crippen LogP contribution < -0.4 is 11.0 Å². The fourth-order valence-electron chi connectivity index (χ4n) is 5.73. The first-order valence-corrected chi connectivity index (χ1v) is 14.5. The van der Waals surface area contributed by atoms with Crippen LogP contribution in [0.4, 0.5) is 0 Å². The highest BCUT2D eigenvalue weighted by Gasteiger charge is 2.24. The number of likely N-dealkylation sites (tertiary alicyclic amines) is 1. The topological polar surface area (TPSA) is 101 Å². The lowest BCUT2D eigenvalue weighted by molar-refractivity contribution is -0.131. The van der Waals surface area contributed by atoms with Crippen LogP contribution in [0.25, 0.3) is 27.7 Å². The van der Waals surface area contributed by atoms with E-state index in [2.05, 4.69) is 23.1 Å². The van der Waals surface area contributed by atoms with Crippen LogP contribution in [0.2, 0.25) is 0 Å². The number of benzene rings is 2. The van der Waals surface area contributed by atoms with Crippen LogP contribution in [-0.2, 0) is 4.79 Å². The Bertz CT molecular complexity index is 1570. The predicted molar refractivity (Wildman–Crippen MR) is 161 cm³/mol. The summed E-state index contributed by atoms with van der Waals surface area (Å²) in [5, 5.41) is 2.66. The van der Waals surface area contributed by atoms with Crippen molar-refractivity contribution in [3.8, 4) is 11.1 Å². The lowest BCUT2D eigenvalue weighted by Gasteiger charge is -2.28. The number of rotatable bonds is 7. The molecule has 1 aromatic heterocycles. The number of hydrazine groups is 2. The first kappa shape index (κ1) is 27.6. The second-order valence-electron chi connectivity index (χ2n) is 11.2. The normalized spacial score (nSPS) is 16.6. The van der Waals surface area contributed by atoms with Gasteiger partial charge in [-0.05, 0) is 66.3 Å². The van der Waals surface area contributed by atoms with Crippen molar-refractivity contribution in [2.75, 3.05) is 46.8 Å². The van der Waals surface area contributed by atoms with E-state index in [1.165, 1.54) is 4.90 Å². The maximum atomic E-state index is 13.1. The molecule has 0 bridgehead atoms. The molecule has 0 saturated carbocycles. The van der Waals surface area contributed by atoms with Gasteiger partial charge in [0, 0.05) is 82.2 Å². The van der Waals surface area contributed by atoms with Gasteiger partial charge in [-0.1, -0.05) is 18.2 Å². The van der Waals surface area contributed by atoms with Gasteiger partial charge in [0.2, 0.25) is 5.91 Å².